The van der Waals surface area contributed by atoms with Gasteiger partial charge < -0.3 is 9.72 Å². The van der Waals surface area contributed by atoms with Crippen LogP contribution in [0.2, 0.25) is 0 Å². The van der Waals surface area contributed by atoms with Gasteiger partial charge in [0.05, 0.1) is 5.69 Å². The van der Waals surface area contributed by atoms with E-state index in [9.17, 15) is 4.79 Å². The molecule has 1 aliphatic rings. The summed E-state index contributed by atoms with van der Waals surface area (Å²) in [4.78, 5) is 20.0. The zero-order valence-corrected chi connectivity index (χ0v) is 14.8. The lowest BCUT2D eigenvalue weighted by Crippen LogP contribution is -2.37. The molecule has 0 aliphatic heterocycles. The van der Waals surface area contributed by atoms with Crippen LogP contribution in [0.4, 0.5) is 0 Å². The Labute approximate surface area is 133 Å². The molecule has 0 bridgehead atoms. The van der Waals surface area contributed by atoms with Crippen molar-refractivity contribution in [2.45, 2.75) is 63.9 Å². The highest BCUT2D eigenvalue weighted by Crippen LogP contribution is 2.38. The summed E-state index contributed by atoms with van der Waals surface area (Å²) < 4.78 is 6.47. The number of rotatable bonds is 2. The van der Waals surface area contributed by atoms with Gasteiger partial charge in [0.25, 0.3) is 5.56 Å². The summed E-state index contributed by atoms with van der Waals surface area (Å²) in [5, 5.41) is 0. The van der Waals surface area contributed by atoms with Crippen LogP contribution >= 0.6 is 22.6 Å². The highest BCUT2D eigenvalue weighted by Gasteiger charge is 2.37. The third-order valence-corrected chi connectivity index (χ3v) is 5.06. The summed E-state index contributed by atoms with van der Waals surface area (Å²) in [6.45, 7) is 6.25. The standard InChI is InChI=1S/C15H23IN2O2/c1-14(2,3)11-10(16)12(19)18-13(17-11)15(20-4)8-6-5-7-9-15/h5-9H2,1-4H3,(H,17,18,19). The first kappa shape index (κ1) is 15.9. The van der Waals surface area contributed by atoms with Gasteiger partial charge in [-0.2, -0.15) is 0 Å². The van der Waals surface area contributed by atoms with Gasteiger partial charge in [0.1, 0.15) is 15.0 Å². The van der Waals surface area contributed by atoms with Gasteiger partial charge in [0.15, 0.2) is 0 Å². The minimum Gasteiger partial charge on any atom is -0.370 e. The fraction of sp³-hybridized carbons (Fsp3) is 0.733. The van der Waals surface area contributed by atoms with Crippen molar-refractivity contribution in [3.63, 3.8) is 0 Å². The molecule has 1 N–H and O–H groups in total. The number of methoxy groups -OCH3 is 1. The molecule has 1 aromatic rings. The van der Waals surface area contributed by atoms with Gasteiger partial charge in [-0.15, -0.1) is 0 Å². The molecular weight excluding hydrogens is 367 g/mol. The maximum atomic E-state index is 12.2. The Hall–Kier alpha value is -0.430. The monoisotopic (exact) mass is 390 g/mol. The fourth-order valence-electron chi connectivity index (χ4n) is 2.83. The molecule has 5 heteroatoms. The molecule has 2 rings (SSSR count). The largest absolute Gasteiger partial charge is 0.370 e. The summed E-state index contributed by atoms with van der Waals surface area (Å²) in [5.41, 5.74) is 0.242. The smallest absolute Gasteiger partial charge is 0.264 e. The summed E-state index contributed by atoms with van der Waals surface area (Å²) in [5.74, 6) is 0.704. The molecule has 1 heterocycles. The number of hydrogen-bond acceptors (Lipinski definition) is 3. The molecule has 0 amide bonds. The summed E-state index contributed by atoms with van der Waals surface area (Å²) >= 11 is 2.09. The molecule has 0 atom stereocenters. The van der Waals surface area contributed by atoms with E-state index in [0.29, 0.717) is 9.39 Å². The third-order valence-electron chi connectivity index (χ3n) is 4.06. The molecular formula is C15H23IN2O2. The summed E-state index contributed by atoms with van der Waals surface area (Å²) in [6, 6.07) is 0. The lowest BCUT2D eigenvalue weighted by atomic mass is 9.83. The van der Waals surface area contributed by atoms with Crippen molar-refractivity contribution in [3.05, 3.63) is 25.4 Å². The Morgan fingerprint density at radius 2 is 1.85 bits per heavy atom. The quantitative estimate of drug-likeness (QED) is 0.787. The zero-order chi connectivity index (χ0) is 15.0. The number of hydrogen-bond donors (Lipinski definition) is 1. The van der Waals surface area contributed by atoms with Crippen LogP contribution in [-0.2, 0) is 15.8 Å². The van der Waals surface area contributed by atoms with Gasteiger partial charge in [-0.3, -0.25) is 4.79 Å². The molecule has 20 heavy (non-hydrogen) atoms. The van der Waals surface area contributed by atoms with Crippen LogP contribution in [0.5, 0.6) is 0 Å². The molecule has 0 radical (unpaired) electrons. The first-order chi connectivity index (χ1) is 9.30. The van der Waals surface area contributed by atoms with Crippen molar-refractivity contribution in [3.8, 4) is 0 Å². The van der Waals surface area contributed by atoms with E-state index in [1.165, 1.54) is 6.42 Å². The molecule has 112 valence electrons. The molecule has 0 aromatic carbocycles. The average Bonchev–Trinajstić information content (AvgIpc) is 2.41. The topological polar surface area (TPSA) is 55.0 Å². The summed E-state index contributed by atoms with van der Waals surface area (Å²) in [6.07, 6.45) is 5.32. The first-order valence-corrected chi connectivity index (χ1v) is 8.24. The predicted molar refractivity (Wildman–Crippen MR) is 88.0 cm³/mol. The lowest BCUT2D eigenvalue weighted by Gasteiger charge is -2.35. The van der Waals surface area contributed by atoms with Crippen LogP contribution in [0, 0.1) is 3.57 Å². The molecule has 0 unspecified atom stereocenters. The van der Waals surface area contributed by atoms with Crippen LogP contribution in [-0.4, -0.2) is 17.1 Å². The van der Waals surface area contributed by atoms with Crippen molar-refractivity contribution in [2.24, 2.45) is 0 Å². The van der Waals surface area contributed by atoms with Crippen LogP contribution in [0.25, 0.3) is 0 Å². The SMILES string of the molecule is COC1(c2nc(C(C)(C)C)c(I)c(=O)[nH]2)CCCCC1. The molecule has 1 aliphatic carbocycles. The second-order valence-electron chi connectivity index (χ2n) is 6.59. The van der Waals surface area contributed by atoms with Gasteiger partial charge in [0, 0.05) is 12.5 Å². The molecule has 1 saturated carbocycles. The van der Waals surface area contributed by atoms with Crippen molar-refractivity contribution < 1.29 is 4.74 Å². The Bertz CT molecular complexity index is 540. The van der Waals surface area contributed by atoms with E-state index in [-0.39, 0.29) is 11.0 Å². The maximum absolute atomic E-state index is 12.2. The van der Waals surface area contributed by atoms with Crippen LogP contribution in [0.3, 0.4) is 0 Å². The van der Waals surface area contributed by atoms with E-state index in [0.717, 1.165) is 31.4 Å². The molecule has 1 fully saturated rings. The molecule has 0 saturated heterocycles. The van der Waals surface area contributed by atoms with Crippen LogP contribution in [0.15, 0.2) is 4.79 Å². The maximum Gasteiger partial charge on any atom is 0.264 e. The van der Waals surface area contributed by atoms with Crippen molar-refractivity contribution >= 4 is 22.6 Å². The summed E-state index contributed by atoms with van der Waals surface area (Å²) in [7, 11) is 1.72. The Morgan fingerprint density at radius 1 is 1.25 bits per heavy atom. The van der Waals surface area contributed by atoms with E-state index in [4.69, 9.17) is 9.72 Å². The van der Waals surface area contributed by atoms with E-state index < -0.39 is 5.60 Å². The van der Waals surface area contributed by atoms with Crippen molar-refractivity contribution in [2.75, 3.05) is 7.11 Å². The Balaban J connectivity index is 2.57. The Kier molecular flexibility index (Phi) is 4.59. The number of aromatic nitrogens is 2. The number of aromatic amines is 1. The second-order valence-corrected chi connectivity index (χ2v) is 7.66. The van der Waals surface area contributed by atoms with Gasteiger partial charge >= 0.3 is 0 Å². The van der Waals surface area contributed by atoms with Crippen LogP contribution < -0.4 is 5.56 Å². The van der Waals surface area contributed by atoms with Crippen LogP contribution in [0.1, 0.15) is 64.4 Å². The number of halogens is 1. The predicted octanol–water partition coefficient (Wildman–Crippen LogP) is 3.48. The normalized spacial score (nSPS) is 19.1. The molecule has 1 aromatic heterocycles. The minimum absolute atomic E-state index is 0.0532. The van der Waals surface area contributed by atoms with E-state index in [2.05, 4.69) is 48.3 Å². The van der Waals surface area contributed by atoms with Gasteiger partial charge in [-0.1, -0.05) is 40.0 Å². The average molecular weight is 390 g/mol. The number of ether oxygens (including phenoxy) is 1. The minimum atomic E-state index is -0.415. The van der Waals surface area contributed by atoms with E-state index >= 15 is 0 Å². The zero-order valence-electron chi connectivity index (χ0n) is 12.7. The van der Waals surface area contributed by atoms with Crippen molar-refractivity contribution in [1.82, 2.24) is 9.97 Å². The van der Waals surface area contributed by atoms with Gasteiger partial charge in [-0.25, -0.2) is 4.98 Å². The first-order valence-electron chi connectivity index (χ1n) is 7.16. The molecule has 0 spiro atoms. The lowest BCUT2D eigenvalue weighted by molar-refractivity contribution is -0.0519. The highest BCUT2D eigenvalue weighted by molar-refractivity contribution is 14.1. The molecule has 4 nitrogen and oxygen atoms in total. The second kappa shape index (κ2) is 5.75. The third kappa shape index (κ3) is 2.93. The van der Waals surface area contributed by atoms with Gasteiger partial charge in [-0.05, 0) is 35.4 Å². The van der Waals surface area contributed by atoms with E-state index in [1.54, 1.807) is 7.11 Å². The van der Waals surface area contributed by atoms with Crippen molar-refractivity contribution in [1.29, 1.82) is 0 Å². The van der Waals surface area contributed by atoms with Gasteiger partial charge in [0.2, 0.25) is 0 Å². The highest BCUT2D eigenvalue weighted by atomic mass is 127. The van der Waals surface area contributed by atoms with E-state index in [1.807, 2.05) is 0 Å². The number of nitrogens with zero attached hydrogens (tertiary/aromatic N) is 1. The number of H-pyrrole nitrogens is 1. The fourth-order valence-corrected chi connectivity index (χ4v) is 3.90. The Morgan fingerprint density at radius 3 is 2.35 bits per heavy atom. The number of nitrogens with one attached hydrogen (secondary N) is 1.